The monoisotopic (exact) mass is 311 g/mol. The van der Waals surface area contributed by atoms with Gasteiger partial charge in [-0.2, -0.15) is 0 Å². The van der Waals surface area contributed by atoms with Gasteiger partial charge in [0, 0.05) is 19.3 Å². The van der Waals surface area contributed by atoms with Gasteiger partial charge in [-0.05, 0) is 45.8 Å². The summed E-state index contributed by atoms with van der Waals surface area (Å²) in [5, 5.41) is 0. The molecule has 1 aromatic heterocycles. The second-order valence-electron chi connectivity index (χ2n) is 3.85. The lowest BCUT2D eigenvalue weighted by Crippen LogP contribution is -2.15. The molecule has 0 radical (unpaired) electrons. The second kappa shape index (κ2) is 5.35. The quantitative estimate of drug-likeness (QED) is 0.873. The maximum absolute atomic E-state index is 12.9. The van der Waals surface area contributed by atoms with E-state index in [4.69, 9.17) is 4.74 Å². The van der Waals surface area contributed by atoms with Gasteiger partial charge < -0.3 is 9.30 Å². The third-order valence-electron chi connectivity index (χ3n) is 2.46. The van der Waals surface area contributed by atoms with E-state index in [2.05, 4.69) is 15.9 Å². The van der Waals surface area contributed by atoms with Gasteiger partial charge in [0.15, 0.2) is 0 Å². The van der Waals surface area contributed by atoms with E-state index in [-0.39, 0.29) is 18.0 Å². The molecule has 0 saturated carbocycles. The average Bonchev–Trinajstić information content (AvgIpc) is 2.32. The molecule has 0 atom stereocenters. The number of benzene rings is 1. The van der Waals surface area contributed by atoms with Crippen LogP contribution in [0.25, 0.3) is 0 Å². The lowest BCUT2D eigenvalue weighted by molar-refractivity contribution is 0.303. The first-order valence-corrected chi connectivity index (χ1v) is 6.09. The third kappa shape index (κ3) is 2.98. The Morgan fingerprint density at radius 1 is 1.33 bits per heavy atom. The van der Waals surface area contributed by atoms with Crippen LogP contribution >= 0.6 is 15.9 Å². The van der Waals surface area contributed by atoms with Crippen LogP contribution in [0, 0.1) is 5.82 Å². The smallest absolute Gasteiger partial charge is 0.250 e. The van der Waals surface area contributed by atoms with E-state index in [0.717, 1.165) is 5.56 Å². The molecule has 0 aliphatic carbocycles. The zero-order valence-electron chi connectivity index (χ0n) is 9.69. The molecule has 0 N–H and O–H groups in total. The number of rotatable bonds is 3. The van der Waals surface area contributed by atoms with Crippen molar-refractivity contribution in [3.05, 3.63) is 62.7 Å². The zero-order chi connectivity index (χ0) is 13.1. The van der Waals surface area contributed by atoms with Gasteiger partial charge in [0.05, 0.1) is 4.47 Å². The van der Waals surface area contributed by atoms with Crippen LogP contribution in [0.5, 0.6) is 5.75 Å². The Hall–Kier alpha value is -1.62. The predicted molar refractivity (Wildman–Crippen MR) is 70.1 cm³/mol. The first kappa shape index (κ1) is 12.8. The first-order valence-electron chi connectivity index (χ1n) is 5.29. The molecule has 0 aliphatic rings. The van der Waals surface area contributed by atoms with Crippen LogP contribution < -0.4 is 10.3 Å². The van der Waals surface area contributed by atoms with E-state index in [0.29, 0.717) is 10.2 Å². The Morgan fingerprint density at radius 3 is 2.78 bits per heavy atom. The number of nitrogens with zero attached hydrogens (tertiary/aromatic N) is 1. The van der Waals surface area contributed by atoms with Crippen molar-refractivity contribution in [1.82, 2.24) is 4.57 Å². The summed E-state index contributed by atoms with van der Waals surface area (Å²) in [4.78, 5) is 11.4. The Kier molecular flexibility index (Phi) is 3.81. The van der Waals surface area contributed by atoms with Gasteiger partial charge in [0.25, 0.3) is 5.56 Å². The molecule has 94 valence electrons. The van der Waals surface area contributed by atoms with Crippen molar-refractivity contribution in [2.24, 2.45) is 7.05 Å². The Balaban J connectivity index is 2.11. The van der Waals surface area contributed by atoms with E-state index < -0.39 is 0 Å². The fourth-order valence-electron chi connectivity index (χ4n) is 1.43. The molecule has 0 fully saturated rings. The predicted octanol–water partition coefficient (Wildman–Crippen LogP) is 2.87. The van der Waals surface area contributed by atoms with Gasteiger partial charge in [-0.1, -0.05) is 0 Å². The summed E-state index contributed by atoms with van der Waals surface area (Å²) < 4.78 is 20.4. The molecule has 1 heterocycles. The Labute approximate surface area is 112 Å². The number of halogens is 2. The largest absolute Gasteiger partial charge is 0.488 e. The Bertz CT molecular complexity index is 625. The molecule has 0 unspecified atom stereocenters. The van der Waals surface area contributed by atoms with Crippen molar-refractivity contribution in [2.45, 2.75) is 6.61 Å². The lowest BCUT2D eigenvalue weighted by Gasteiger charge is -2.08. The summed E-state index contributed by atoms with van der Waals surface area (Å²) >= 11 is 3.22. The molecule has 2 rings (SSSR count). The van der Waals surface area contributed by atoms with Crippen molar-refractivity contribution in [2.75, 3.05) is 0 Å². The molecule has 0 spiro atoms. The van der Waals surface area contributed by atoms with Gasteiger partial charge in [0.2, 0.25) is 0 Å². The van der Waals surface area contributed by atoms with Crippen LogP contribution in [0.4, 0.5) is 4.39 Å². The summed E-state index contributed by atoms with van der Waals surface area (Å²) in [6, 6.07) is 7.51. The maximum Gasteiger partial charge on any atom is 0.250 e. The average molecular weight is 312 g/mol. The molecule has 3 nitrogen and oxygen atoms in total. The molecular weight excluding hydrogens is 301 g/mol. The van der Waals surface area contributed by atoms with Crippen molar-refractivity contribution in [3.8, 4) is 5.75 Å². The summed E-state index contributed by atoms with van der Waals surface area (Å²) in [7, 11) is 1.68. The standard InChI is InChI=1S/C13H11BrFNO2/c1-16-5-4-9(6-13(16)17)8-18-12-3-2-10(15)7-11(12)14/h2-7H,8H2,1H3. The van der Waals surface area contributed by atoms with Crippen molar-refractivity contribution >= 4 is 15.9 Å². The topological polar surface area (TPSA) is 31.2 Å². The lowest BCUT2D eigenvalue weighted by atomic mass is 10.3. The second-order valence-corrected chi connectivity index (χ2v) is 4.70. The summed E-state index contributed by atoms with van der Waals surface area (Å²) in [5.41, 5.74) is 0.684. The van der Waals surface area contributed by atoms with Crippen molar-refractivity contribution in [3.63, 3.8) is 0 Å². The summed E-state index contributed by atoms with van der Waals surface area (Å²) in [6.45, 7) is 0.264. The van der Waals surface area contributed by atoms with E-state index in [1.54, 1.807) is 25.4 Å². The maximum atomic E-state index is 12.9. The molecule has 0 aliphatic heterocycles. The third-order valence-corrected chi connectivity index (χ3v) is 3.08. The fourth-order valence-corrected chi connectivity index (χ4v) is 1.90. The van der Waals surface area contributed by atoms with E-state index >= 15 is 0 Å². The minimum atomic E-state index is -0.331. The minimum Gasteiger partial charge on any atom is -0.488 e. The SMILES string of the molecule is Cn1ccc(COc2ccc(F)cc2Br)cc1=O. The molecule has 18 heavy (non-hydrogen) atoms. The first-order chi connectivity index (χ1) is 8.56. The van der Waals surface area contributed by atoms with Crippen LogP contribution in [0.1, 0.15) is 5.56 Å². The van der Waals surface area contributed by atoms with Crippen LogP contribution in [0.2, 0.25) is 0 Å². The fraction of sp³-hybridized carbons (Fsp3) is 0.154. The van der Waals surface area contributed by atoms with Crippen LogP contribution in [0.3, 0.4) is 0 Å². The van der Waals surface area contributed by atoms with Crippen molar-refractivity contribution < 1.29 is 9.13 Å². The molecule has 0 bridgehead atoms. The highest BCUT2D eigenvalue weighted by atomic mass is 79.9. The number of hydrogen-bond acceptors (Lipinski definition) is 2. The highest BCUT2D eigenvalue weighted by Gasteiger charge is 2.03. The van der Waals surface area contributed by atoms with E-state index in [1.165, 1.54) is 22.8 Å². The van der Waals surface area contributed by atoms with Crippen LogP contribution in [-0.4, -0.2) is 4.57 Å². The summed E-state index contributed by atoms with van der Waals surface area (Å²) in [6.07, 6.45) is 1.68. The molecule has 2 aromatic rings. The highest BCUT2D eigenvalue weighted by Crippen LogP contribution is 2.26. The van der Waals surface area contributed by atoms with Gasteiger partial charge in [-0.25, -0.2) is 4.39 Å². The van der Waals surface area contributed by atoms with Gasteiger partial charge in [-0.15, -0.1) is 0 Å². The number of pyridine rings is 1. The molecule has 5 heteroatoms. The normalized spacial score (nSPS) is 10.4. The van der Waals surface area contributed by atoms with Crippen LogP contribution in [0.15, 0.2) is 45.8 Å². The van der Waals surface area contributed by atoms with E-state index in [9.17, 15) is 9.18 Å². The molecule has 0 amide bonds. The molecule has 1 aromatic carbocycles. The number of ether oxygens (including phenoxy) is 1. The van der Waals surface area contributed by atoms with Crippen LogP contribution in [-0.2, 0) is 13.7 Å². The van der Waals surface area contributed by atoms with Gasteiger partial charge >= 0.3 is 0 Å². The highest BCUT2D eigenvalue weighted by molar-refractivity contribution is 9.10. The molecular formula is C13H11BrFNO2. The van der Waals surface area contributed by atoms with Gasteiger partial charge in [0.1, 0.15) is 18.2 Å². The Morgan fingerprint density at radius 2 is 2.11 bits per heavy atom. The van der Waals surface area contributed by atoms with Crippen molar-refractivity contribution in [1.29, 1.82) is 0 Å². The number of aromatic nitrogens is 1. The van der Waals surface area contributed by atoms with E-state index in [1.807, 2.05) is 0 Å². The number of aryl methyl sites for hydroxylation is 1. The molecule has 0 saturated heterocycles. The zero-order valence-corrected chi connectivity index (χ0v) is 11.3. The summed E-state index contributed by atoms with van der Waals surface area (Å²) in [5.74, 6) is 0.208. The van der Waals surface area contributed by atoms with Gasteiger partial charge in [-0.3, -0.25) is 4.79 Å². The number of hydrogen-bond donors (Lipinski definition) is 0. The minimum absolute atomic E-state index is 0.0886.